The summed E-state index contributed by atoms with van der Waals surface area (Å²) in [5, 5.41) is 3.37. The van der Waals surface area contributed by atoms with Gasteiger partial charge in [-0.25, -0.2) is 0 Å². The number of hydrogen-bond donors (Lipinski definition) is 1. The highest BCUT2D eigenvalue weighted by molar-refractivity contribution is 5.81. The molecule has 5 heteroatoms. The number of likely N-dealkylation sites (tertiary alicyclic amines) is 1. The Kier molecular flexibility index (Phi) is 2.83. The topological polar surface area (TPSA) is 50.8 Å². The first-order valence-corrected chi connectivity index (χ1v) is 6.03. The molecule has 3 atom stereocenters. The van der Waals surface area contributed by atoms with E-state index < -0.39 is 0 Å². The normalized spacial score (nSPS) is 38.8. The van der Waals surface area contributed by atoms with Gasteiger partial charge in [-0.1, -0.05) is 0 Å². The van der Waals surface area contributed by atoms with E-state index in [1.165, 1.54) is 0 Å². The van der Waals surface area contributed by atoms with Crippen molar-refractivity contribution in [3.8, 4) is 0 Å². The van der Waals surface area contributed by atoms with E-state index in [0.29, 0.717) is 31.7 Å². The van der Waals surface area contributed by atoms with Crippen LogP contribution in [0.1, 0.15) is 0 Å². The number of carbonyl (C=O) groups is 1. The van der Waals surface area contributed by atoms with Crippen LogP contribution in [-0.4, -0.2) is 62.9 Å². The van der Waals surface area contributed by atoms with Gasteiger partial charge in [-0.2, -0.15) is 0 Å². The fraction of sp³-hybridized carbons (Fsp3) is 0.909. The summed E-state index contributed by atoms with van der Waals surface area (Å²) in [6.45, 7) is 5.44. The number of amides is 1. The first-order chi connectivity index (χ1) is 7.84. The molecule has 0 bridgehead atoms. The van der Waals surface area contributed by atoms with Gasteiger partial charge in [0.15, 0.2) is 6.10 Å². The van der Waals surface area contributed by atoms with Crippen LogP contribution in [-0.2, 0) is 14.3 Å². The minimum absolute atomic E-state index is 0.120. The van der Waals surface area contributed by atoms with Gasteiger partial charge < -0.3 is 19.7 Å². The Morgan fingerprint density at radius 2 is 1.94 bits per heavy atom. The number of rotatable bonds is 1. The zero-order valence-electron chi connectivity index (χ0n) is 9.35. The van der Waals surface area contributed by atoms with Crippen LogP contribution in [0.25, 0.3) is 0 Å². The van der Waals surface area contributed by atoms with Gasteiger partial charge >= 0.3 is 0 Å². The molecule has 1 unspecified atom stereocenters. The highest BCUT2D eigenvalue weighted by Gasteiger charge is 2.40. The van der Waals surface area contributed by atoms with Crippen molar-refractivity contribution < 1.29 is 14.3 Å². The van der Waals surface area contributed by atoms with E-state index in [4.69, 9.17) is 9.47 Å². The number of ether oxygens (including phenoxy) is 2. The number of nitrogens with zero attached hydrogens (tertiary/aromatic N) is 1. The van der Waals surface area contributed by atoms with Crippen molar-refractivity contribution in [3.63, 3.8) is 0 Å². The Labute approximate surface area is 95.1 Å². The summed E-state index contributed by atoms with van der Waals surface area (Å²) in [7, 11) is 0. The van der Waals surface area contributed by atoms with Crippen molar-refractivity contribution in [2.75, 3.05) is 46.0 Å². The van der Waals surface area contributed by atoms with Crippen molar-refractivity contribution in [2.45, 2.75) is 6.10 Å². The maximum Gasteiger partial charge on any atom is 0.254 e. The van der Waals surface area contributed by atoms with Gasteiger partial charge in [-0.15, -0.1) is 0 Å². The first-order valence-electron chi connectivity index (χ1n) is 6.03. The molecule has 0 saturated carbocycles. The van der Waals surface area contributed by atoms with Gasteiger partial charge in [0.2, 0.25) is 0 Å². The molecule has 3 saturated heterocycles. The minimum Gasteiger partial charge on any atom is -0.376 e. The van der Waals surface area contributed by atoms with Crippen molar-refractivity contribution in [1.82, 2.24) is 10.2 Å². The fourth-order valence-corrected chi connectivity index (χ4v) is 2.87. The molecule has 16 heavy (non-hydrogen) atoms. The molecule has 0 aliphatic carbocycles. The van der Waals surface area contributed by atoms with E-state index in [1.54, 1.807) is 0 Å². The number of fused-ring (bicyclic) bond motifs is 1. The SMILES string of the molecule is O=C(C1COCCO1)N1C[C@H]2CNC[C@H]2C1. The summed E-state index contributed by atoms with van der Waals surface area (Å²) in [6.07, 6.45) is -0.361. The van der Waals surface area contributed by atoms with E-state index in [1.807, 2.05) is 4.90 Å². The monoisotopic (exact) mass is 226 g/mol. The van der Waals surface area contributed by atoms with Gasteiger partial charge in [0.25, 0.3) is 5.91 Å². The Morgan fingerprint density at radius 1 is 1.19 bits per heavy atom. The first kappa shape index (κ1) is 10.5. The lowest BCUT2D eigenvalue weighted by Crippen LogP contribution is -2.45. The molecule has 0 radical (unpaired) electrons. The van der Waals surface area contributed by atoms with Crippen LogP contribution in [0, 0.1) is 11.8 Å². The predicted molar refractivity (Wildman–Crippen MR) is 57.0 cm³/mol. The quantitative estimate of drug-likeness (QED) is 0.628. The Hall–Kier alpha value is -0.650. The second-order valence-electron chi connectivity index (χ2n) is 4.86. The van der Waals surface area contributed by atoms with Crippen molar-refractivity contribution in [2.24, 2.45) is 11.8 Å². The van der Waals surface area contributed by atoms with Gasteiger partial charge in [-0.3, -0.25) is 4.79 Å². The smallest absolute Gasteiger partial charge is 0.254 e. The molecule has 1 N–H and O–H groups in total. The maximum absolute atomic E-state index is 12.1. The summed E-state index contributed by atoms with van der Waals surface area (Å²) in [4.78, 5) is 14.1. The summed E-state index contributed by atoms with van der Waals surface area (Å²) < 4.78 is 10.7. The lowest BCUT2D eigenvalue weighted by molar-refractivity contribution is -0.157. The molecule has 0 aromatic carbocycles. The van der Waals surface area contributed by atoms with Crippen molar-refractivity contribution in [3.05, 3.63) is 0 Å². The zero-order valence-corrected chi connectivity index (χ0v) is 9.35. The summed E-state index contributed by atoms with van der Waals surface area (Å²) in [5.41, 5.74) is 0. The molecular weight excluding hydrogens is 208 g/mol. The molecule has 0 aromatic heterocycles. The molecule has 0 spiro atoms. The summed E-state index contributed by atoms with van der Waals surface area (Å²) in [5.74, 6) is 1.41. The summed E-state index contributed by atoms with van der Waals surface area (Å²) >= 11 is 0. The molecule has 5 nitrogen and oxygen atoms in total. The van der Waals surface area contributed by atoms with E-state index in [0.717, 1.165) is 26.2 Å². The van der Waals surface area contributed by atoms with Crippen molar-refractivity contribution >= 4 is 5.91 Å². The minimum atomic E-state index is -0.361. The molecule has 3 rings (SSSR count). The lowest BCUT2D eigenvalue weighted by atomic mass is 10.0. The lowest BCUT2D eigenvalue weighted by Gasteiger charge is -2.27. The zero-order chi connectivity index (χ0) is 11.0. The van der Waals surface area contributed by atoms with Crippen LogP contribution in [0.2, 0.25) is 0 Å². The molecular formula is C11H18N2O3. The standard InChI is InChI=1S/C11H18N2O3/c14-11(10-7-15-1-2-16-10)13-5-8-3-12-4-9(8)6-13/h8-10,12H,1-7H2/t8-,9+,10?. The number of hydrogen-bond acceptors (Lipinski definition) is 4. The molecule has 3 fully saturated rings. The third kappa shape index (κ3) is 1.83. The molecule has 90 valence electrons. The molecule has 3 aliphatic heterocycles. The molecule has 0 aromatic rings. The van der Waals surface area contributed by atoms with E-state index >= 15 is 0 Å². The van der Waals surface area contributed by atoms with Gasteiger partial charge in [0.1, 0.15) is 0 Å². The Morgan fingerprint density at radius 3 is 2.56 bits per heavy atom. The maximum atomic E-state index is 12.1. The molecule has 3 aliphatic rings. The Bertz CT molecular complexity index is 266. The molecule has 1 amide bonds. The second-order valence-corrected chi connectivity index (χ2v) is 4.86. The van der Waals surface area contributed by atoms with Crippen LogP contribution < -0.4 is 5.32 Å². The Balaban J connectivity index is 1.59. The second kappa shape index (κ2) is 4.31. The van der Waals surface area contributed by atoms with Crippen LogP contribution in [0.4, 0.5) is 0 Å². The fourth-order valence-electron chi connectivity index (χ4n) is 2.87. The average Bonchev–Trinajstić information content (AvgIpc) is 2.89. The average molecular weight is 226 g/mol. The highest BCUT2D eigenvalue weighted by atomic mass is 16.6. The van der Waals surface area contributed by atoms with Crippen LogP contribution in [0.5, 0.6) is 0 Å². The largest absolute Gasteiger partial charge is 0.376 e. The van der Waals surface area contributed by atoms with Gasteiger partial charge in [0, 0.05) is 26.2 Å². The van der Waals surface area contributed by atoms with Gasteiger partial charge in [0.05, 0.1) is 19.8 Å². The van der Waals surface area contributed by atoms with Crippen LogP contribution in [0.3, 0.4) is 0 Å². The highest BCUT2D eigenvalue weighted by Crippen LogP contribution is 2.27. The van der Waals surface area contributed by atoms with Gasteiger partial charge in [-0.05, 0) is 11.8 Å². The third-order valence-corrected chi connectivity index (χ3v) is 3.79. The molecule has 3 heterocycles. The van der Waals surface area contributed by atoms with Crippen molar-refractivity contribution in [1.29, 1.82) is 0 Å². The predicted octanol–water partition coefficient (Wildman–Crippen LogP) is -0.920. The summed E-state index contributed by atoms with van der Waals surface area (Å²) in [6, 6.07) is 0. The van der Waals surface area contributed by atoms with E-state index in [2.05, 4.69) is 5.32 Å². The number of nitrogens with one attached hydrogen (secondary N) is 1. The van der Waals surface area contributed by atoms with Crippen LogP contribution in [0.15, 0.2) is 0 Å². The van der Waals surface area contributed by atoms with Crippen LogP contribution >= 0.6 is 0 Å². The van der Waals surface area contributed by atoms with E-state index in [-0.39, 0.29) is 12.0 Å². The van der Waals surface area contributed by atoms with E-state index in [9.17, 15) is 4.79 Å². The number of carbonyl (C=O) groups excluding carboxylic acids is 1. The third-order valence-electron chi connectivity index (χ3n) is 3.79.